The lowest BCUT2D eigenvalue weighted by atomic mass is 9.84. The van der Waals surface area contributed by atoms with Gasteiger partial charge in [-0.2, -0.15) is 5.10 Å². The Bertz CT molecular complexity index is 980. The van der Waals surface area contributed by atoms with Gasteiger partial charge in [-0.1, -0.05) is 58.7 Å². The quantitative estimate of drug-likeness (QED) is 0.661. The van der Waals surface area contributed by atoms with Gasteiger partial charge in [-0.25, -0.2) is 4.68 Å². The Labute approximate surface area is 192 Å². The van der Waals surface area contributed by atoms with Crippen molar-refractivity contribution >= 4 is 17.6 Å². The van der Waals surface area contributed by atoms with Crippen LogP contribution in [0.1, 0.15) is 70.7 Å². The predicted molar refractivity (Wildman–Crippen MR) is 129 cm³/mol. The van der Waals surface area contributed by atoms with Gasteiger partial charge in [0, 0.05) is 23.9 Å². The fourth-order valence-electron chi connectivity index (χ4n) is 4.01. The second-order valence-corrected chi connectivity index (χ2v) is 10.7. The van der Waals surface area contributed by atoms with E-state index in [-0.39, 0.29) is 29.7 Å². The molecule has 0 aliphatic heterocycles. The minimum absolute atomic E-state index is 0.0659. The normalized spacial score (nSPS) is 14.4. The van der Waals surface area contributed by atoms with E-state index in [1.54, 1.807) is 4.90 Å². The number of aromatic nitrogens is 2. The number of hydrogen-bond donors (Lipinski definition) is 1. The molecule has 0 radical (unpaired) electrons. The molecule has 6 nitrogen and oxygen atoms in total. The van der Waals surface area contributed by atoms with Gasteiger partial charge in [0.15, 0.2) is 0 Å². The summed E-state index contributed by atoms with van der Waals surface area (Å²) in [6.07, 6.45) is 2.97. The minimum Gasteiger partial charge on any atom is -0.333 e. The Kier molecular flexibility index (Phi) is 7.11. The van der Waals surface area contributed by atoms with Gasteiger partial charge >= 0.3 is 0 Å². The fourth-order valence-corrected chi connectivity index (χ4v) is 4.01. The highest BCUT2D eigenvalue weighted by atomic mass is 16.2. The summed E-state index contributed by atoms with van der Waals surface area (Å²) in [5.74, 6) is 0.936. The molecule has 2 aromatic rings. The molecule has 3 rings (SSSR count). The minimum atomic E-state index is -0.190. The van der Waals surface area contributed by atoms with Crippen LogP contribution in [0.5, 0.6) is 0 Å². The molecule has 1 aliphatic rings. The molecule has 0 saturated heterocycles. The lowest BCUT2D eigenvalue weighted by molar-refractivity contribution is -0.141. The lowest BCUT2D eigenvalue weighted by Crippen LogP contribution is -2.44. The second-order valence-electron chi connectivity index (χ2n) is 10.7. The van der Waals surface area contributed by atoms with Crippen molar-refractivity contribution in [2.24, 2.45) is 11.8 Å². The molecule has 1 aromatic heterocycles. The molecule has 0 bridgehead atoms. The Hall–Kier alpha value is -2.63. The largest absolute Gasteiger partial charge is 0.333 e. The molecule has 1 N–H and O–H groups in total. The van der Waals surface area contributed by atoms with Crippen LogP contribution in [-0.4, -0.2) is 39.6 Å². The highest BCUT2D eigenvalue weighted by Gasteiger charge is 2.31. The number of nitrogens with one attached hydrogen (secondary N) is 1. The standard InChI is InChI=1S/C26H38N4O2/c1-17(2)15-29(25(32)20-9-8-10-20)16-24(31)27-23-14-22(26(5,6)7)28-30(23)21-12-11-18(3)13-19(21)4/h11-14,17,20H,8-10,15-16H2,1-7H3,(H,27,31). The topological polar surface area (TPSA) is 67.2 Å². The number of nitrogens with zero attached hydrogens (tertiary/aromatic N) is 3. The van der Waals surface area contributed by atoms with Crippen LogP contribution in [0.15, 0.2) is 24.3 Å². The molecule has 32 heavy (non-hydrogen) atoms. The molecular formula is C26H38N4O2. The molecule has 2 amide bonds. The highest BCUT2D eigenvalue weighted by Crippen LogP contribution is 2.29. The zero-order chi connectivity index (χ0) is 23.6. The third kappa shape index (κ3) is 5.59. The van der Waals surface area contributed by atoms with Crippen LogP contribution in [-0.2, 0) is 15.0 Å². The summed E-state index contributed by atoms with van der Waals surface area (Å²) < 4.78 is 1.81. The van der Waals surface area contributed by atoms with Crippen LogP contribution in [0.4, 0.5) is 5.82 Å². The molecule has 1 aromatic carbocycles. The monoisotopic (exact) mass is 438 g/mol. The van der Waals surface area contributed by atoms with Gasteiger partial charge in [0.1, 0.15) is 5.82 Å². The summed E-state index contributed by atoms with van der Waals surface area (Å²) in [7, 11) is 0. The van der Waals surface area contributed by atoms with E-state index in [2.05, 4.69) is 52.9 Å². The van der Waals surface area contributed by atoms with E-state index >= 15 is 0 Å². The first kappa shape index (κ1) is 24.0. The van der Waals surface area contributed by atoms with E-state index in [0.29, 0.717) is 18.3 Å². The van der Waals surface area contributed by atoms with Gasteiger partial charge in [-0.3, -0.25) is 9.59 Å². The molecule has 174 valence electrons. The Morgan fingerprint density at radius 3 is 2.41 bits per heavy atom. The maximum Gasteiger partial charge on any atom is 0.245 e. The zero-order valence-corrected chi connectivity index (χ0v) is 20.7. The average molecular weight is 439 g/mol. The Morgan fingerprint density at radius 2 is 1.88 bits per heavy atom. The van der Waals surface area contributed by atoms with Crippen molar-refractivity contribution in [2.75, 3.05) is 18.4 Å². The van der Waals surface area contributed by atoms with Crippen molar-refractivity contribution in [2.45, 2.75) is 73.1 Å². The van der Waals surface area contributed by atoms with Crippen LogP contribution in [0, 0.1) is 25.7 Å². The van der Waals surface area contributed by atoms with Crippen molar-refractivity contribution in [3.63, 3.8) is 0 Å². The lowest BCUT2D eigenvalue weighted by Gasteiger charge is -2.32. The number of anilines is 1. The number of carbonyl (C=O) groups is 2. The van der Waals surface area contributed by atoms with E-state index < -0.39 is 0 Å². The summed E-state index contributed by atoms with van der Waals surface area (Å²) in [5, 5.41) is 7.87. The van der Waals surface area contributed by atoms with Crippen molar-refractivity contribution in [1.29, 1.82) is 0 Å². The second kappa shape index (κ2) is 9.47. The highest BCUT2D eigenvalue weighted by molar-refractivity contribution is 5.94. The molecule has 0 spiro atoms. The van der Waals surface area contributed by atoms with Crippen LogP contribution in [0.2, 0.25) is 0 Å². The van der Waals surface area contributed by atoms with Gasteiger partial charge in [0.2, 0.25) is 11.8 Å². The first-order chi connectivity index (χ1) is 15.0. The third-order valence-corrected chi connectivity index (χ3v) is 6.01. The van der Waals surface area contributed by atoms with E-state index in [1.165, 1.54) is 5.56 Å². The van der Waals surface area contributed by atoms with Crippen LogP contribution in [0.25, 0.3) is 5.69 Å². The summed E-state index contributed by atoms with van der Waals surface area (Å²) >= 11 is 0. The summed E-state index contributed by atoms with van der Waals surface area (Å²) in [6.45, 7) is 15.2. The van der Waals surface area contributed by atoms with Crippen LogP contribution in [0.3, 0.4) is 0 Å². The van der Waals surface area contributed by atoms with Gasteiger partial charge < -0.3 is 10.2 Å². The van der Waals surface area contributed by atoms with Crippen LogP contribution < -0.4 is 5.32 Å². The maximum absolute atomic E-state index is 13.1. The van der Waals surface area contributed by atoms with Gasteiger partial charge in [-0.05, 0) is 44.2 Å². The molecule has 1 fully saturated rings. The van der Waals surface area contributed by atoms with Crippen LogP contribution >= 0.6 is 0 Å². The molecule has 0 unspecified atom stereocenters. The first-order valence-corrected chi connectivity index (χ1v) is 11.7. The molecule has 1 saturated carbocycles. The zero-order valence-electron chi connectivity index (χ0n) is 20.7. The van der Waals surface area contributed by atoms with Gasteiger partial charge in [0.05, 0.1) is 17.9 Å². The SMILES string of the molecule is Cc1ccc(-n2nc(C(C)(C)C)cc2NC(=O)CN(CC(C)C)C(=O)C2CCC2)c(C)c1. The number of benzene rings is 1. The van der Waals surface area contributed by atoms with E-state index in [0.717, 1.165) is 36.2 Å². The summed E-state index contributed by atoms with van der Waals surface area (Å²) in [4.78, 5) is 27.7. The Balaban J connectivity index is 1.86. The number of aryl methyl sites for hydroxylation is 2. The third-order valence-electron chi connectivity index (χ3n) is 6.01. The van der Waals surface area contributed by atoms with Crippen molar-refractivity contribution < 1.29 is 9.59 Å². The summed E-state index contributed by atoms with van der Waals surface area (Å²) in [6, 6.07) is 8.14. The number of rotatable bonds is 7. The number of carbonyl (C=O) groups excluding carboxylic acids is 2. The van der Waals surface area contributed by atoms with E-state index in [9.17, 15) is 9.59 Å². The van der Waals surface area contributed by atoms with E-state index in [4.69, 9.17) is 5.10 Å². The molecular weight excluding hydrogens is 400 g/mol. The smallest absolute Gasteiger partial charge is 0.245 e. The Morgan fingerprint density at radius 1 is 1.19 bits per heavy atom. The van der Waals surface area contributed by atoms with E-state index in [1.807, 2.05) is 29.8 Å². The van der Waals surface area contributed by atoms with Gasteiger partial charge in [0.25, 0.3) is 0 Å². The van der Waals surface area contributed by atoms with Crippen molar-refractivity contribution in [3.05, 3.63) is 41.1 Å². The van der Waals surface area contributed by atoms with Gasteiger partial charge in [-0.15, -0.1) is 0 Å². The fraction of sp³-hybridized carbons (Fsp3) is 0.577. The molecule has 6 heteroatoms. The van der Waals surface area contributed by atoms with Crippen molar-refractivity contribution in [3.8, 4) is 5.69 Å². The molecule has 1 aliphatic carbocycles. The number of hydrogen-bond acceptors (Lipinski definition) is 3. The maximum atomic E-state index is 13.1. The molecule has 1 heterocycles. The average Bonchev–Trinajstić information content (AvgIpc) is 3.03. The summed E-state index contributed by atoms with van der Waals surface area (Å²) in [5.41, 5.74) is 3.94. The number of amides is 2. The van der Waals surface area contributed by atoms with Crippen molar-refractivity contribution in [1.82, 2.24) is 14.7 Å². The molecule has 0 atom stereocenters. The predicted octanol–water partition coefficient (Wildman–Crippen LogP) is 5.01. The first-order valence-electron chi connectivity index (χ1n) is 11.7.